The number of benzene rings is 3. The van der Waals surface area contributed by atoms with Crippen LogP contribution in [0, 0.1) is 5.92 Å². The van der Waals surface area contributed by atoms with Crippen LogP contribution in [0.1, 0.15) is 33.6 Å². The highest BCUT2D eigenvalue weighted by atomic mass is 32.2. The second-order valence-corrected chi connectivity index (χ2v) is 17.0. The van der Waals surface area contributed by atoms with Crippen LogP contribution in [-0.2, 0) is 33.9 Å². The summed E-state index contributed by atoms with van der Waals surface area (Å²) in [7, 11) is -2.80. The van der Waals surface area contributed by atoms with E-state index in [2.05, 4.69) is 33.8 Å². The number of likely N-dealkylation sites (tertiary alicyclic amines) is 1. The number of rotatable bonds is 14. The first-order valence-corrected chi connectivity index (χ1v) is 20.5. The lowest BCUT2D eigenvalue weighted by atomic mass is 10.1. The number of alkyl carbamates (subject to hydrolysis) is 1. The maximum Gasteiger partial charge on any atom is 0.409 e. The molecule has 4 N–H and O–H groups in total. The molecule has 17 heteroatoms. The number of ether oxygens (including phenoxy) is 3. The zero-order chi connectivity index (χ0) is 43.4. The topological polar surface area (TPSA) is 211 Å². The van der Waals surface area contributed by atoms with Gasteiger partial charge in [-0.15, -0.1) is 6.58 Å². The van der Waals surface area contributed by atoms with Crippen LogP contribution in [0.2, 0.25) is 0 Å². The monoisotopic (exact) mass is 838 g/mol. The van der Waals surface area contributed by atoms with Crippen LogP contribution in [0.5, 0.6) is 11.5 Å². The van der Waals surface area contributed by atoms with Gasteiger partial charge in [-0.1, -0.05) is 61.2 Å². The zero-order valence-electron chi connectivity index (χ0n) is 33.5. The van der Waals surface area contributed by atoms with E-state index < -0.39 is 75.1 Å². The fourth-order valence-electron chi connectivity index (χ4n) is 6.87. The molecule has 3 aromatic carbocycles. The van der Waals surface area contributed by atoms with E-state index in [1.165, 1.54) is 37.5 Å². The highest BCUT2D eigenvalue weighted by molar-refractivity contribution is 7.90. The molecule has 1 aliphatic heterocycles. The number of methoxy groups -OCH3 is 1. The fraction of sp³-hybridized carbons (Fsp3) is 0.302. The highest BCUT2D eigenvalue weighted by Gasteiger charge is 2.61. The van der Waals surface area contributed by atoms with Gasteiger partial charge in [0.2, 0.25) is 11.8 Å². The van der Waals surface area contributed by atoms with Gasteiger partial charge in [0.05, 0.1) is 29.8 Å². The van der Waals surface area contributed by atoms with Crippen LogP contribution >= 0.6 is 0 Å². The smallest absolute Gasteiger partial charge is 0.409 e. The van der Waals surface area contributed by atoms with E-state index in [0.717, 1.165) is 16.5 Å². The summed E-state index contributed by atoms with van der Waals surface area (Å²) in [6, 6.07) is 22.3. The number of amides is 5. The van der Waals surface area contributed by atoms with Gasteiger partial charge in [-0.05, 0) is 57.5 Å². The first-order valence-electron chi connectivity index (χ1n) is 19.0. The Morgan fingerprint density at radius 2 is 1.63 bits per heavy atom. The predicted octanol–water partition coefficient (Wildman–Crippen LogP) is 3.98. The van der Waals surface area contributed by atoms with Gasteiger partial charge in [-0.2, -0.15) is 0 Å². The Bertz CT molecular complexity index is 2440. The molecule has 0 spiro atoms. The Morgan fingerprint density at radius 3 is 2.25 bits per heavy atom. The molecule has 2 aliphatic rings. The predicted molar refractivity (Wildman–Crippen MR) is 221 cm³/mol. The third-order valence-corrected chi connectivity index (χ3v) is 11.2. The van der Waals surface area contributed by atoms with Crippen molar-refractivity contribution in [1.29, 1.82) is 0 Å². The van der Waals surface area contributed by atoms with E-state index in [-0.39, 0.29) is 24.3 Å². The Hall–Kier alpha value is -6.75. The van der Waals surface area contributed by atoms with Crippen molar-refractivity contribution in [3.8, 4) is 22.8 Å². The molecule has 0 radical (unpaired) electrons. The van der Waals surface area contributed by atoms with Gasteiger partial charge in [-0.3, -0.25) is 24.5 Å². The van der Waals surface area contributed by atoms with Crippen molar-refractivity contribution in [3.05, 3.63) is 110 Å². The number of hydrogen-bond acceptors (Lipinski definition) is 11. The van der Waals surface area contributed by atoms with Crippen LogP contribution in [0.4, 0.5) is 4.79 Å². The number of nitrogens with one attached hydrogen (secondary N) is 4. The molecule has 1 saturated carbocycles. The largest absolute Gasteiger partial charge is 0.497 e. The Kier molecular flexibility index (Phi) is 12.3. The van der Waals surface area contributed by atoms with Gasteiger partial charge in [0, 0.05) is 35.4 Å². The molecule has 2 heterocycles. The van der Waals surface area contributed by atoms with E-state index in [9.17, 15) is 32.4 Å². The average molecular weight is 839 g/mol. The maximum absolute atomic E-state index is 14.5. The Morgan fingerprint density at radius 1 is 0.950 bits per heavy atom. The van der Waals surface area contributed by atoms with E-state index in [4.69, 9.17) is 19.2 Å². The number of aromatic nitrogens is 1. The number of pyridine rings is 1. The number of fused-ring (bicyclic) bond motifs is 1. The molecular weight excluding hydrogens is 793 g/mol. The summed E-state index contributed by atoms with van der Waals surface area (Å²) in [6.45, 7) is 11.8. The molecule has 0 unspecified atom stereocenters. The second-order valence-electron chi connectivity index (χ2n) is 15.3. The van der Waals surface area contributed by atoms with Crippen molar-refractivity contribution < 1.29 is 46.6 Å². The molecule has 6 rings (SSSR count). The molecular formula is C43H46N6O10S. The molecule has 60 heavy (non-hydrogen) atoms. The summed E-state index contributed by atoms with van der Waals surface area (Å²) in [5.74, 6) is -3.29. The Balaban J connectivity index is 1.35. The third-order valence-electron chi connectivity index (χ3n) is 9.90. The molecule has 0 bridgehead atoms. The SMILES string of the molecule is C=CC(=O)N[C@H](NC(=O)OC(C)(C)C)C(=O)N1C[C@H](Oc2cc(-c3ccccc3)nc3cc(OC)ccc23)C[C@H]1C(=O)N[C@]1(C(=O)NS(=O)(=O)c2ccccc2)C[C@H]1C=C. The molecule has 5 amide bonds. The number of carbonyl (C=O) groups is 5. The van der Waals surface area contributed by atoms with Gasteiger partial charge < -0.3 is 29.7 Å². The minimum Gasteiger partial charge on any atom is -0.497 e. The van der Waals surface area contributed by atoms with E-state index in [1.54, 1.807) is 51.1 Å². The van der Waals surface area contributed by atoms with Crippen molar-refractivity contribution >= 4 is 50.6 Å². The van der Waals surface area contributed by atoms with Crippen molar-refractivity contribution in [2.24, 2.45) is 5.92 Å². The molecule has 1 aliphatic carbocycles. The summed E-state index contributed by atoms with van der Waals surface area (Å²) < 4.78 is 45.9. The van der Waals surface area contributed by atoms with Gasteiger partial charge in [0.1, 0.15) is 34.8 Å². The normalized spacial score (nSPS) is 20.2. The summed E-state index contributed by atoms with van der Waals surface area (Å²) in [4.78, 5) is 74.1. The average Bonchev–Trinajstić information content (AvgIpc) is 3.78. The molecule has 4 aromatic rings. The first kappa shape index (κ1) is 42.8. The molecule has 2 fully saturated rings. The zero-order valence-corrected chi connectivity index (χ0v) is 34.3. The number of hydrogen-bond donors (Lipinski definition) is 4. The quantitative estimate of drug-likeness (QED) is 0.0811. The summed E-state index contributed by atoms with van der Waals surface area (Å²) >= 11 is 0. The Labute approximate surface area is 347 Å². The van der Waals surface area contributed by atoms with Crippen molar-refractivity contribution in [2.75, 3.05) is 13.7 Å². The van der Waals surface area contributed by atoms with Crippen LogP contribution in [0.15, 0.2) is 115 Å². The number of nitrogens with zero attached hydrogens (tertiary/aromatic N) is 2. The van der Waals surface area contributed by atoms with Gasteiger partial charge in [0.25, 0.3) is 21.8 Å². The van der Waals surface area contributed by atoms with Crippen molar-refractivity contribution in [2.45, 2.75) is 68.0 Å². The minimum atomic E-state index is -4.34. The van der Waals surface area contributed by atoms with Crippen LogP contribution in [-0.4, -0.2) is 91.1 Å². The summed E-state index contributed by atoms with van der Waals surface area (Å²) in [6.07, 6.45) is -1.44. The minimum absolute atomic E-state index is 0.0198. The van der Waals surface area contributed by atoms with E-state index in [0.29, 0.717) is 28.1 Å². The van der Waals surface area contributed by atoms with Crippen molar-refractivity contribution in [3.63, 3.8) is 0 Å². The maximum atomic E-state index is 14.5. The van der Waals surface area contributed by atoms with Gasteiger partial charge in [-0.25, -0.2) is 22.9 Å². The molecule has 1 aromatic heterocycles. The van der Waals surface area contributed by atoms with Crippen LogP contribution in [0.3, 0.4) is 0 Å². The lowest BCUT2D eigenvalue weighted by Crippen LogP contribution is -2.61. The first-order chi connectivity index (χ1) is 28.5. The molecule has 1 saturated heterocycles. The standard InChI is InChI=1S/C43H46N6O10S/c1-7-27-24-43(27,40(53)48-60(55,56)30-17-13-10-14-18-30)47-38(51)34-22-29(25-49(34)39(52)37(45-36(50)8-2)46-41(54)59-42(3,4)5)58-35-23-32(26-15-11-9-12-16-26)44-33-21-28(57-6)19-20-31(33)35/h7-21,23,27,29,34,37H,1-2,22,24-25H2,3-6H3,(H,45,50)(H,46,54)(H,47,51)(H,48,53)/t27-,29-,34+,37-,43-/m1/s1. The lowest BCUT2D eigenvalue weighted by Gasteiger charge is -2.30. The molecule has 314 valence electrons. The van der Waals surface area contributed by atoms with E-state index in [1.807, 2.05) is 30.3 Å². The summed E-state index contributed by atoms with van der Waals surface area (Å²) in [5, 5.41) is 8.07. The highest BCUT2D eigenvalue weighted by Crippen LogP contribution is 2.45. The van der Waals surface area contributed by atoms with Crippen LogP contribution in [0.25, 0.3) is 22.2 Å². The van der Waals surface area contributed by atoms with Gasteiger partial charge >= 0.3 is 6.09 Å². The van der Waals surface area contributed by atoms with Gasteiger partial charge in [0.15, 0.2) is 6.17 Å². The number of sulfonamides is 1. The molecule has 5 atom stereocenters. The second kappa shape index (κ2) is 17.2. The van der Waals surface area contributed by atoms with E-state index >= 15 is 0 Å². The summed E-state index contributed by atoms with van der Waals surface area (Å²) in [5.41, 5.74) is -0.796. The number of carbonyl (C=O) groups excluding carboxylic acids is 5. The van der Waals surface area contributed by atoms with Crippen LogP contribution < -0.4 is 30.1 Å². The lowest BCUT2D eigenvalue weighted by molar-refractivity contribution is -0.142. The fourth-order valence-corrected chi connectivity index (χ4v) is 7.93. The van der Waals surface area contributed by atoms with Crippen molar-refractivity contribution in [1.82, 2.24) is 30.6 Å². The molecule has 16 nitrogen and oxygen atoms in total. The third kappa shape index (κ3) is 9.58.